The highest BCUT2D eigenvalue weighted by atomic mass is 79.9. The molecule has 0 aliphatic rings. The van der Waals surface area contributed by atoms with Gasteiger partial charge in [-0.1, -0.05) is 15.9 Å². The van der Waals surface area contributed by atoms with Gasteiger partial charge in [0.25, 0.3) is 5.69 Å². The Morgan fingerprint density at radius 2 is 2.11 bits per heavy atom. The van der Waals surface area contributed by atoms with Crippen molar-refractivity contribution in [1.29, 1.82) is 0 Å². The minimum Gasteiger partial charge on any atom is -0.270 e. The van der Waals surface area contributed by atoms with Gasteiger partial charge in [-0.15, -0.1) is 0 Å². The lowest BCUT2D eigenvalue weighted by Crippen LogP contribution is -2.01. The van der Waals surface area contributed by atoms with Crippen molar-refractivity contribution >= 4 is 21.6 Å². The minimum absolute atomic E-state index is 0.0622. The molecule has 0 amide bonds. The minimum atomic E-state index is -0.393. The van der Waals surface area contributed by atoms with Crippen molar-refractivity contribution in [3.05, 3.63) is 45.0 Å². The second-order valence-electron chi connectivity index (χ2n) is 4.19. The average molecular weight is 310 g/mol. The maximum atomic E-state index is 11.0. The monoisotopic (exact) mass is 309 g/mol. The summed E-state index contributed by atoms with van der Waals surface area (Å²) in [6, 6.07) is 6.86. The Labute approximate surface area is 113 Å². The molecule has 1 aromatic carbocycles. The van der Waals surface area contributed by atoms with E-state index in [0.717, 1.165) is 4.47 Å². The third-order valence-corrected chi connectivity index (χ3v) is 3.06. The highest BCUT2D eigenvalue weighted by Gasteiger charge is 2.17. The van der Waals surface area contributed by atoms with E-state index >= 15 is 0 Å². The van der Waals surface area contributed by atoms with E-state index in [1.807, 2.05) is 20.0 Å². The van der Waals surface area contributed by atoms with E-state index in [-0.39, 0.29) is 11.7 Å². The van der Waals surface area contributed by atoms with Gasteiger partial charge in [-0.25, -0.2) is 0 Å². The number of nitrogens with zero attached hydrogens (tertiary/aromatic N) is 3. The van der Waals surface area contributed by atoms with Gasteiger partial charge in [0, 0.05) is 22.8 Å². The smallest absolute Gasteiger partial charge is 0.270 e. The van der Waals surface area contributed by atoms with E-state index in [4.69, 9.17) is 0 Å². The van der Waals surface area contributed by atoms with Crippen LogP contribution >= 0.6 is 15.9 Å². The molecular weight excluding hydrogens is 298 g/mol. The molecule has 0 saturated heterocycles. The predicted octanol–water partition coefficient (Wildman–Crippen LogP) is 3.80. The molecule has 18 heavy (non-hydrogen) atoms. The van der Waals surface area contributed by atoms with Crippen molar-refractivity contribution in [2.45, 2.75) is 19.9 Å². The van der Waals surface area contributed by atoms with Crippen LogP contribution in [0.15, 0.2) is 34.9 Å². The molecule has 0 spiro atoms. The highest BCUT2D eigenvalue weighted by Crippen LogP contribution is 2.31. The molecule has 1 aromatic heterocycles. The molecule has 0 atom stereocenters. The third kappa shape index (κ3) is 2.43. The molecule has 0 fully saturated rings. The van der Waals surface area contributed by atoms with E-state index in [0.29, 0.717) is 11.3 Å². The Morgan fingerprint density at radius 3 is 2.67 bits per heavy atom. The number of nitro groups is 1. The first-order valence-electron chi connectivity index (χ1n) is 5.48. The molecule has 0 unspecified atom stereocenters. The largest absolute Gasteiger partial charge is 0.278 e. The first-order valence-corrected chi connectivity index (χ1v) is 6.28. The van der Waals surface area contributed by atoms with Crippen molar-refractivity contribution in [1.82, 2.24) is 9.78 Å². The van der Waals surface area contributed by atoms with E-state index in [9.17, 15) is 10.1 Å². The van der Waals surface area contributed by atoms with Crippen molar-refractivity contribution < 1.29 is 4.92 Å². The molecule has 2 rings (SSSR count). The van der Waals surface area contributed by atoms with Crippen LogP contribution in [-0.4, -0.2) is 14.7 Å². The summed E-state index contributed by atoms with van der Waals surface area (Å²) in [6.45, 7) is 4.01. The Morgan fingerprint density at radius 1 is 1.39 bits per heavy atom. The molecule has 0 aliphatic heterocycles. The third-order valence-electron chi connectivity index (χ3n) is 2.57. The number of hydrogen-bond donors (Lipinski definition) is 0. The topological polar surface area (TPSA) is 61.0 Å². The molecule has 2 aromatic rings. The standard InChI is InChI=1S/C12H12BrN3O2/c1-8(2)15-6-5-11(14-15)10-7-9(13)3-4-12(10)16(17)18/h3-8H,1-2H3. The van der Waals surface area contributed by atoms with Crippen molar-refractivity contribution in [3.8, 4) is 11.3 Å². The summed E-state index contributed by atoms with van der Waals surface area (Å²) in [6.07, 6.45) is 1.82. The number of rotatable bonds is 3. The fraction of sp³-hybridized carbons (Fsp3) is 0.250. The van der Waals surface area contributed by atoms with Gasteiger partial charge in [0.15, 0.2) is 0 Å². The van der Waals surface area contributed by atoms with E-state index < -0.39 is 4.92 Å². The zero-order valence-electron chi connectivity index (χ0n) is 10.0. The van der Waals surface area contributed by atoms with Gasteiger partial charge in [0.05, 0.1) is 16.2 Å². The number of benzene rings is 1. The van der Waals surface area contributed by atoms with Gasteiger partial charge in [0.2, 0.25) is 0 Å². The second-order valence-corrected chi connectivity index (χ2v) is 5.11. The van der Waals surface area contributed by atoms with Gasteiger partial charge in [-0.05, 0) is 32.0 Å². The Kier molecular flexibility index (Phi) is 3.47. The summed E-state index contributed by atoms with van der Waals surface area (Å²) in [7, 11) is 0. The Hall–Kier alpha value is -1.69. The SMILES string of the molecule is CC(C)n1ccc(-c2cc(Br)ccc2[N+](=O)[O-])n1. The maximum Gasteiger partial charge on any atom is 0.278 e. The van der Waals surface area contributed by atoms with Crippen LogP contribution in [0.2, 0.25) is 0 Å². The Balaban J connectivity index is 2.54. The highest BCUT2D eigenvalue weighted by molar-refractivity contribution is 9.10. The van der Waals surface area contributed by atoms with E-state index in [2.05, 4.69) is 21.0 Å². The van der Waals surface area contributed by atoms with Gasteiger partial charge in [0.1, 0.15) is 0 Å². The van der Waals surface area contributed by atoms with Crippen LogP contribution in [-0.2, 0) is 0 Å². The summed E-state index contributed by atoms with van der Waals surface area (Å²) >= 11 is 3.32. The first kappa shape index (κ1) is 12.8. The summed E-state index contributed by atoms with van der Waals surface area (Å²) in [5.41, 5.74) is 1.19. The van der Waals surface area contributed by atoms with Gasteiger partial charge >= 0.3 is 0 Å². The fourth-order valence-electron chi connectivity index (χ4n) is 1.64. The van der Waals surface area contributed by atoms with Crippen molar-refractivity contribution in [3.63, 3.8) is 0 Å². The maximum absolute atomic E-state index is 11.0. The molecule has 1 heterocycles. The number of halogens is 1. The van der Waals surface area contributed by atoms with Crippen LogP contribution in [0.25, 0.3) is 11.3 Å². The molecule has 94 valence electrons. The fourth-order valence-corrected chi connectivity index (χ4v) is 2.00. The molecular formula is C12H12BrN3O2. The predicted molar refractivity (Wildman–Crippen MR) is 72.4 cm³/mol. The van der Waals surface area contributed by atoms with E-state index in [1.54, 1.807) is 22.9 Å². The quantitative estimate of drug-likeness (QED) is 0.640. The number of nitro benzene ring substituents is 1. The molecule has 0 aliphatic carbocycles. The average Bonchev–Trinajstić information content (AvgIpc) is 2.77. The van der Waals surface area contributed by atoms with Crippen molar-refractivity contribution in [2.75, 3.05) is 0 Å². The first-order chi connectivity index (χ1) is 8.49. The number of hydrogen-bond acceptors (Lipinski definition) is 3. The molecule has 0 saturated carbocycles. The summed E-state index contributed by atoms with van der Waals surface area (Å²) in [5, 5.41) is 15.4. The summed E-state index contributed by atoms with van der Waals surface area (Å²) in [4.78, 5) is 10.6. The lowest BCUT2D eigenvalue weighted by atomic mass is 10.1. The molecule has 0 bridgehead atoms. The normalized spacial score (nSPS) is 10.9. The molecule has 5 nitrogen and oxygen atoms in total. The Bertz CT molecular complexity index is 593. The van der Waals surface area contributed by atoms with E-state index in [1.165, 1.54) is 6.07 Å². The van der Waals surface area contributed by atoms with Crippen LogP contribution in [0, 0.1) is 10.1 Å². The molecule has 0 radical (unpaired) electrons. The van der Waals surface area contributed by atoms with Gasteiger partial charge < -0.3 is 0 Å². The lowest BCUT2D eigenvalue weighted by molar-refractivity contribution is -0.384. The summed E-state index contributed by atoms with van der Waals surface area (Å²) < 4.78 is 2.57. The van der Waals surface area contributed by atoms with Crippen molar-refractivity contribution in [2.24, 2.45) is 0 Å². The van der Waals surface area contributed by atoms with Crippen LogP contribution < -0.4 is 0 Å². The zero-order chi connectivity index (χ0) is 13.3. The second kappa shape index (κ2) is 4.89. The van der Waals surface area contributed by atoms with Crippen LogP contribution in [0.5, 0.6) is 0 Å². The van der Waals surface area contributed by atoms with Crippen LogP contribution in [0.1, 0.15) is 19.9 Å². The summed E-state index contributed by atoms with van der Waals surface area (Å²) in [5.74, 6) is 0. The molecule has 0 N–H and O–H groups in total. The number of aromatic nitrogens is 2. The zero-order valence-corrected chi connectivity index (χ0v) is 11.6. The van der Waals surface area contributed by atoms with Crippen LogP contribution in [0.4, 0.5) is 5.69 Å². The van der Waals surface area contributed by atoms with Crippen LogP contribution in [0.3, 0.4) is 0 Å². The van der Waals surface area contributed by atoms with Gasteiger partial charge in [-0.2, -0.15) is 5.10 Å². The molecule has 6 heteroatoms. The van der Waals surface area contributed by atoms with Gasteiger partial charge in [-0.3, -0.25) is 14.8 Å². The lowest BCUT2D eigenvalue weighted by Gasteiger charge is -2.04.